The number of para-hydroxylation sites is 1. The zero-order chi connectivity index (χ0) is 26.7. The molecule has 1 aliphatic carbocycles. The summed E-state index contributed by atoms with van der Waals surface area (Å²) in [4.78, 5) is 27.3. The highest BCUT2D eigenvalue weighted by molar-refractivity contribution is 5.88. The molecule has 3 aromatic carbocycles. The fourth-order valence-corrected chi connectivity index (χ4v) is 4.92. The number of nitrogens with zero attached hydrogens (tertiary/aromatic N) is 1. The number of anilines is 1. The van der Waals surface area contributed by atoms with Crippen molar-refractivity contribution >= 4 is 17.7 Å². The van der Waals surface area contributed by atoms with E-state index in [4.69, 9.17) is 4.74 Å². The van der Waals surface area contributed by atoms with E-state index >= 15 is 0 Å². The second kappa shape index (κ2) is 10.7. The number of carbonyl (C=O) groups excluding carboxylic acids is 2. The van der Waals surface area contributed by atoms with Gasteiger partial charge in [-0.2, -0.15) is 13.2 Å². The molecule has 3 aromatic rings. The smallest absolute Gasteiger partial charge is 0.409 e. The van der Waals surface area contributed by atoms with Crippen LogP contribution in [-0.4, -0.2) is 23.4 Å². The molecule has 0 radical (unpaired) electrons. The Balaban J connectivity index is 1.23. The third kappa shape index (κ3) is 5.90. The van der Waals surface area contributed by atoms with Gasteiger partial charge in [-0.1, -0.05) is 48.0 Å². The molecule has 0 saturated heterocycles. The number of hydrogen-bond donors (Lipinski definition) is 1. The van der Waals surface area contributed by atoms with Crippen molar-refractivity contribution in [1.82, 2.24) is 4.90 Å². The Kier molecular flexibility index (Phi) is 7.22. The summed E-state index contributed by atoms with van der Waals surface area (Å²) in [6.07, 6.45) is 1.43. The summed E-state index contributed by atoms with van der Waals surface area (Å²) in [6, 6.07) is 17.0. The van der Waals surface area contributed by atoms with Gasteiger partial charge in [0.1, 0.15) is 5.75 Å². The summed E-state index contributed by atoms with van der Waals surface area (Å²) in [5.41, 5.74) is 4.17. The van der Waals surface area contributed by atoms with Crippen LogP contribution in [-0.2, 0) is 23.9 Å². The second-order valence-corrected chi connectivity index (χ2v) is 9.57. The van der Waals surface area contributed by atoms with Crippen LogP contribution in [0.5, 0.6) is 5.75 Å². The third-order valence-electron chi connectivity index (χ3n) is 6.94. The Bertz CT molecular complexity index is 1380. The topological polar surface area (TPSA) is 58.6 Å². The molecule has 0 unspecified atom stereocenters. The lowest BCUT2D eigenvalue weighted by Gasteiger charge is -2.29. The van der Waals surface area contributed by atoms with Crippen molar-refractivity contribution in [2.75, 3.05) is 11.9 Å². The number of ether oxygens (including phenoxy) is 1. The lowest BCUT2D eigenvalue weighted by molar-refractivity contribution is -0.137. The molecule has 0 fully saturated rings. The van der Waals surface area contributed by atoms with Crippen LogP contribution in [0.3, 0.4) is 0 Å². The van der Waals surface area contributed by atoms with Gasteiger partial charge in [-0.3, -0.25) is 10.1 Å². The average molecular weight is 521 g/mol. The van der Waals surface area contributed by atoms with Crippen molar-refractivity contribution in [3.8, 4) is 16.9 Å². The molecule has 1 N–H and O–H groups in total. The normalized spacial score (nSPS) is 15.0. The number of allylic oxidation sites excluding steroid dienone is 1. The molecule has 196 valence electrons. The standard InChI is InChI=1S/C30H27F3N2O3/c31-30(32,33)24-12-9-21(10-13-24)26-7-3-4-8-27(26)38-29(37)34-25-14-11-23-19-35(16-15-22(23)18-25)28(36)17-20-5-1-2-6-20/h3-5,7-14,18H,1-2,6,15-17,19H2,(H,34,37). The molecule has 5 nitrogen and oxygen atoms in total. The van der Waals surface area contributed by atoms with Crippen molar-refractivity contribution in [1.29, 1.82) is 0 Å². The largest absolute Gasteiger partial charge is 0.417 e. The van der Waals surface area contributed by atoms with Crippen LogP contribution in [0.2, 0.25) is 0 Å². The molecule has 0 aromatic heterocycles. The van der Waals surface area contributed by atoms with Crippen molar-refractivity contribution in [2.45, 2.75) is 44.8 Å². The first-order valence-corrected chi connectivity index (χ1v) is 12.6. The summed E-state index contributed by atoms with van der Waals surface area (Å²) in [5.74, 6) is 0.385. The molecule has 2 amide bonds. The third-order valence-corrected chi connectivity index (χ3v) is 6.94. The van der Waals surface area contributed by atoms with E-state index in [1.165, 1.54) is 17.7 Å². The molecule has 1 aliphatic heterocycles. The van der Waals surface area contributed by atoms with Crippen LogP contribution in [0.15, 0.2) is 78.4 Å². The summed E-state index contributed by atoms with van der Waals surface area (Å²) in [5, 5.41) is 2.73. The van der Waals surface area contributed by atoms with Gasteiger partial charge in [-0.25, -0.2) is 4.79 Å². The Hall–Kier alpha value is -4.07. The SMILES string of the molecule is O=C(Nc1ccc2c(c1)CCN(C(=O)CC1=CCCC1)C2)Oc1ccccc1-c1ccc(C(F)(F)F)cc1. The number of halogens is 3. The zero-order valence-corrected chi connectivity index (χ0v) is 20.7. The van der Waals surface area contributed by atoms with Crippen molar-refractivity contribution < 1.29 is 27.5 Å². The fourth-order valence-electron chi connectivity index (χ4n) is 4.92. The number of benzene rings is 3. The Morgan fingerprint density at radius 3 is 2.47 bits per heavy atom. The summed E-state index contributed by atoms with van der Waals surface area (Å²) in [6.45, 7) is 1.18. The molecule has 0 saturated carbocycles. The fraction of sp³-hybridized carbons (Fsp3) is 0.267. The van der Waals surface area contributed by atoms with Crippen LogP contribution < -0.4 is 10.1 Å². The van der Waals surface area contributed by atoms with Crippen molar-refractivity contribution in [3.63, 3.8) is 0 Å². The minimum atomic E-state index is -4.43. The van der Waals surface area contributed by atoms with E-state index in [-0.39, 0.29) is 11.7 Å². The molecule has 8 heteroatoms. The predicted octanol–water partition coefficient (Wildman–Crippen LogP) is 7.37. The van der Waals surface area contributed by atoms with Crippen LogP contribution in [0.1, 0.15) is 42.4 Å². The zero-order valence-electron chi connectivity index (χ0n) is 20.7. The molecule has 0 bridgehead atoms. The van der Waals surface area contributed by atoms with Crippen molar-refractivity contribution in [2.24, 2.45) is 0 Å². The van der Waals surface area contributed by atoms with Crippen molar-refractivity contribution in [3.05, 3.63) is 95.1 Å². The first-order chi connectivity index (χ1) is 18.3. The summed E-state index contributed by atoms with van der Waals surface area (Å²) >= 11 is 0. The van der Waals surface area contributed by atoms with E-state index in [0.717, 1.165) is 42.5 Å². The molecule has 0 atom stereocenters. The van der Waals surface area contributed by atoms with Gasteiger partial charge in [0, 0.05) is 30.8 Å². The highest BCUT2D eigenvalue weighted by Gasteiger charge is 2.30. The highest BCUT2D eigenvalue weighted by atomic mass is 19.4. The van der Waals surface area contributed by atoms with Crippen LogP contribution in [0.4, 0.5) is 23.7 Å². The second-order valence-electron chi connectivity index (χ2n) is 9.57. The number of hydrogen-bond acceptors (Lipinski definition) is 3. The first-order valence-electron chi connectivity index (χ1n) is 12.6. The van der Waals surface area contributed by atoms with Gasteiger partial charge in [0.2, 0.25) is 5.91 Å². The Morgan fingerprint density at radius 2 is 1.74 bits per heavy atom. The predicted molar refractivity (Wildman–Crippen MR) is 139 cm³/mol. The maximum Gasteiger partial charge on any atom is 0.417 e. The Morgan fingerprint density at radius 1 is 0.947 bits per heavy atom. The average Bonchev–Trinajstić information content (AvgIpc) is 3.41. The minimum Gasteiger partial charge on any atom is -0.409 e. The maximum absolute atomic E-state index is 12.9. The van der Waals surface area contributed by atoms with Gasteiger partial charge >= 0.3 is 12.3 Å². The van der Waals surface area contributed by atoms with E-state index in [9.17, 15) is 22.8 Å². The number of fused-ring (bicyclic) bond motifs is 1. The van der Waals surface area contributed by atoms with E-state index in [2.05, 4.69) is 11.4 Å². The van der Waals surface area contributed by atoms with E-state index in [1.807, 2.05) is 17.0 Å². The number of nitrogens with one attached hydrogen (secondary N) is 1. The summed E-state index contributed by atoms with van der Waals surface area (Å²) in [7, 11) is 0. The quantitative estimate of drug-likeness (QED) is 0.358. The van der Waals surface area contributed by atoms with E-state index < -0.39 is 17.8 Å². The van der Waals surface area contributed by atoms with Gasteiger partial charge in [0.05, 0.1) is 5.56 Å². The molecular formula is C30H27F3N2O3. The number of rotatable bonds is 5. The monoisotopic (exact) mass is 520 g/mol. The number of alkyl halides is 3. The Labute approximate surface area is 218 Å². The van der Waals surface area contributed by atoms with Gasteiger partial charge in [-0.15, -0.1) is 0 Å². The molecular weight excluding hydrogens is 493 g/mol. The lowest BCUT2D eigenvalue weighted by atomic mass is 9.98. The molecule has 2 aliphatic rings. The highest BCUT2D eigenvalue weighted by Crippen LogP contribution is 2.34. The van der Waals surface area contributed by atoms with E-state index in [0.29, 0.717) is 42.7 Å². The molecule has 1 heterocycles. The van der Waals surface area contributed by atoms with Gasteiger partial charge < -0.3 is 9.64 Å². The van der Waals surface area contributed by atoms with Gasteiger partial charge in [0.15, 0.2) is 0 Å². The maximum atomic E-state index is 12.9. The first kappa shape index (κ1) is 25.6. The van der Waals surface area contributed by atoms with Crippen LogP contribution in [0, 0.1) is 0 Å². The summed E-state index contributed by atoms with van der Waals surface area (Å²) < 4.78 is 44.3. The van der Waals surface area contributed by atoms with Gasteiger partial charge in [0.25, 0.3) is 0 Å². The van der Waals surface area contributed by atoms with Crippen LogP contribution in [0.25, 0.3) is 11.1 Å². The van der Waals surface area contributed by atoms with Gasteiger partial charge in [-0.05, 0) is 72.7 Å². The minimum absolute atomic E-state index is 0.154. The number of amides is 2. The van der Waals surface area contributed by atoms with Crippen LogP contribution >= 0.6 is 0 Å². The molecule has 0 spiro atoms. The number of carbonyl (C=O) groups is 2. The van der Waals surface area contributed by atoms with E-state index in [1.54, 1.807) is 30.3 Å². The molecule has 5 rings (SSSR count). The lowest BCUT2D eigenvalue weighted by Crippen LogP contribution is -2.36. The molecule has 38 heavy (non-hydrogen) atoms.